The number of hydrogen-bond acceptors (Lipinski definition) is 3. The Labute approximate surface area is 115 Å². The molecule has 3 nitrogen and oxygen atoms in total. The van der Waals surface area contributed by atoms with Gasteiger partial charge >= 0.3 is 0 Å². The van der Waals surface area contributed by atoms with Crippen molar-refractivity contribution in [1.82, 2.24) is 4.90 Å². The summed E-state index contributed by atoms with van der Waals surface area (Å²) in [6, 6.07) is 6.66. The minimum Gasteiger partial charge on any atom is -0.368 e. The highest BCUT2D eigenvalue weighted by Crippen LogP contribution is 2.26. The van der Waals surface area contributed by atoms with Gasteiger partial charge in [-0.1, -0.05) is 17.7 Å². The summed E-state index contributed by atoms with van der Waals surface area (Å²) in [6.07, 6.45) is 1.05. The Kier molecular flexibility index (Phi) is 4.49. The summed E-state index contributed by atoms with van der Waals surface area (Å²) in [4.78, 5) is 4.84. The lowest BCUT2D eigenvalue weighted by Crippen LogP contribution is -2.52. The van der Waals surface area contributed by atoms with Crippen LogP contribution in [-0.4, -0.2) is 44.2 Å². The highest BCUT2D eigenvalue weighted by atomic mass is 35.5. The SMILES string of the molecule is Cc1ccc(Cl)cc1N1CCN(C)C(CCN)C1. The second-order valence-electron chi connectivity index (χ2n) is 5.09. The molecular weight excluding hydrogens is 246 g/mol. The number of rotatable bonds is 3. The zero-order valence-electron chi connectivity index (χ0n) is 11.2. The maximum Gasteiger partial charge on any atom is 0.0426 e. The molecule has 4 heteroatoms. The van der Waals surface area contributed by atoms with Crippen molar-refractivity contribution in [3.8, 4) is 0 Å². The van der Waals surface area contributed by atoms with Gasteiger partial charge in [-0.25, -0.2) is 0 Å². The first-order chi connectivity index (χ1) is 8.61. The molecule has 100 valence electrons. The molecule has 0 aromatic heterocycles. The van der Waals surface area contributed by atoms with Gasteiger partial charge in [-0.3, -0.25) is 4.90 Å². The van der Waals surface area contributed by atoms with Crippen LogP contribution >= 0.6 is 11.6 Å². The number of nitrogens with two attached hydrogens (primary N) is 1. The number of likely N-dealkylation sites (N-methyl/N-ethyl adjacent to an activating group) is 1. The zero-order valence-corrected chi connectivity index (χ0v) is 12.0. The number of piperazine rings is 1. The van der Waals surface area contributed by atoms with Gasteiger partial charge in [0.05, 0.1) is 0 Å². The van der Waals surface area contributed by atoms with Crippen molar-refractivity contribution in [2.45, 2.75) is 19.4 Å². The molecule has 2 rings (SSSR count). The van der Waals surface area contributed by atoms with E-state index in [1.165, 1.54) is 11.3 Å². The summed E-state index contributed by atoms with van der Waals surface area (Å²) < 4.78 is 0. The zero-order chi connectivity index (χ0) is 13.1. The van der Waals surface area contributed by atoms with E-state index in [4.69, 9.17) is 17.3 Å². The van der Waals surface area contributed by atoms with Gasteiger partial charge in [0.25, 0.3) is 0 Å². The summed E-state index contributed by atoms with van der Waals surface area (Å²) in [5.41, 5.74) is 8.24. The van der Waals surface area contributed by atoms with Crippen molar-refractivity contribution in [2.75, 3.05) is 38.1 Å². The summed E-state index contributed by atoms with van der Waals surface area (Å²) >= 11 is 6.11. The van der Waals surface area contributed by atoms with Crippen molar-refractivity contribution >= 4 is 17.3 Å². The largest absolute Gasteiger partial charge is 0.368 e. The molecule has 0 saturated carbocycles. The summed E-state index contributed by atoms with van der Waals surface area (Å²) in [7, 11) is 2.18. The fourth-order valence-corrected chi connectivity index (χ4v) is 2.76. The first-order valence-electron chi connectivity index (χ1n) is 6.53. The van der Waals surface area contributed by atoms with Crippen molar-refractivity contribution in [1.29, 1.82) is 0 Å². The van der Waals surface area contributed by atoms with E-state index in [0.717, 1.165) is 37.6 Å². The smallest absolute Gasteiger partial charge is 0.0426 e. The van der Waals surface area contributed by atoms with Crippen LogP contribution in [0.4, 0.5) is 5.69 Å². The standard InChI is InChI=1S/C14H22ClN3/c1-11-3-4-12(15)9-14(11)18-8-7-17(2)13(10-18)5-6-16/h3-4,9,13H,5-8,10,16H2,1-2H3. The predicted octanol–water partition coefficient (Wildman–Crippen LogP) is 2.12. The molecule has 1 aromatic rings. The van der Waals surface area contributed by atoms with E-state index >= 15 is 0 Å². The Balaban J connectivity index is 2.16. The summed E-state index contributed by atoms with van der Waals surface area (Å²) in [5.74, 6) is 0. The Morgan fingerprint density at radius 3 is 2.89 bits per heavy atom. The van der Waals surface area contributed by atoms with Gasteiger partial charge < -0.3 is 10.6 Å². The van der Waals surface area contributed by atoms with E-state index in [9.17, 15) is 0 Å². The van der Waals surface area contributed by atoms with Crippen LogP contribution in [0.2, 0.25) is 5.02 Å². The van der Waals surface area contributed by atoms with Crippen molar-refractivity contribution in [3.63, 3.8) is 0 Å². The minimum absolute atomic E-state index is 0.544. The summed E-state index contributed by atoms with van der Waals surface area (Å²) in [5, 5.41) is 0.810. The molecule has 1 aliphatic heterocycles. The van der Waals surface area contributed by atoms with E-state index in [1.54, 1.807) is 0 Å². The lowest BCUT2D eigenvalue weighted by Gasteiger charge is -2.41. The quantitative estimate of drug-likeness (QED) is 0.911. The predicted molar refractivity (Wildman–Crippen MR) is 78.5 cm³/mol. The van der Waals surface area contributed by atoms with E-state index in [-0.39, 0.29) is 0 Å². The van der Waals surface area contributed by atoms with Gasteiger partial charge in [0, 0.05) is 36.4 Å². The minimum atomic E-state index is 0.544. The van der Waals surface area contributed by atoms with Crippen LogP contribution in [0.1, 0.15) is 12.0 Å². The van der Waals surface area contributed by atoms with Crippen LogP contribution in [0, 0.1) is 6.92 Å². The fraction of sp³-hybridized carbons (Fsp3) is 0.571. The lowest BCUT2D eigenvalue weighted by molar-refractivity contribution is 0.210. The molecule has 0 aliphatic carbocycles. The normalized spacial score (nSPS) is 21.3. The average Bonchev–Trinajstić information content (AvgIpc) is 2.35. The first kappa shape index (κ1) is 13.7. The van der Waals surface area contributed by atoms with E-state index in [1.807, 2.05) is 6.07 Å². The molecule has 0 bridgehead atoms. The highest BCUT2D eigenvalue weighted by Gasteiger charge is 2.24. The molecule has 0 amide bonds. The van der Waals surface area contributed by atoms with E-state index in [0.29, 0.717) is 6.04 Å². The van der Waals surface area contributed by atoms with Crippen LogP contribution < -0.4 is 10.6 Å². The number of hydrogen-bond donors (Lipinski definition) is 1. The van der Waals surface area contributed by atoms with Crippen LogP contribution in [0.5, 0.6) is 0 Å². The molecule has 1 aliphatic rings. The van der Waals surface area contributed by atoms with Gasteiger partial charge in [-0.2, -0.15) is 0 Å². The Morgan fingerprint density at radius 2 is 2.17 bits per heavy atom. The van der Waals surface area contributed by atoms with Gasteiger partial charge in [0.1, 0.15) is 0 Å². The number of aryl methyl sites for hydroxylation is 1. The second kappa shape index (κ2) is 5.91. The molecule has 0 radical (unpaired) electrons. The molecule has 18 heavy (non-hydrogen) atoms. The van der Waals surface area contributed by atoms with Crippen molar-refractivity contribution < 1.29 is 0 Å². The second-order valence-corrected chi connectivity index (χ2v) is 5.53. The number of nitrogens with zero attached hydrogens (tertiary/aromatic N) is 2. The molecular formula is C14H22ClN3. The molecule has 1 heterocycles. The monoisotopic (exact) mass is 267 g/mol. The Hall–Kier alpha value is -0.770. The maximum atomic E-state index is 6.11. The van der Waals surface area contributed by atoms with E-state index in [2.05, 4.69) is 35.9 Å². The van der Waals surface area contributed by atoms with Gasteiger partial charge in [-0.15, -0.1) is 0 Å². The number of halogens is 1. The molecule has 1 aromatic carbocycles. The molecule has 1 fully saturated rings. The lowest BCUT2D eigenvalue weighted by atomic mass is 10.1. The third-order valence-corrected chi connectivity index (χ3v) is 4.02. The highest BCUT2D eigenvalue weighted by molar-refractivity contribution is 6.30. The maximum absolute atomic E-state index is 6.11. The molecule has 0 spiro atoms. The fourth-order valence-electron chi connectivity index (χ4n) is 2.59. The Bertz CT molecular complexity index is 408. The topological polar surface area (TPSA) is 32.5 Å². The van der Waals surface area contributed by atoms with E-state index < -0.39 is 0 Å². The van der Waals surface area contributed by atoms with Gasteiger partial charge in [0.15, 0.2) is 0 Å². The van der Waals surface area contributed by atoms with Crippen molar-refractivity contribution in [3.05, 3.63) is 28.8 Å². The summed E-state index contributed by atoms with van der Waals surface area (Å²) in [6.45, 7) is 6.06. The number of benzene rings is 1. The third kappa shape index (κ3) is 2.97. The first-order valence-corrected chi connectivity index (χ1v) is 6.91. The van der Waals surface area contributed by atoms with Crippen LogP contribution in [0.3, 0.4) is 0 Å². The van der Waals surface area contributed by atoms with Crippen LogP contribution in [0.25, 0.3) is 0 Å². The van der Waals surface area contributed by atoms with Crippen LogP contribution in [0.15, 0.2) is 18.2 Å². The average molecular weight is 268 g/mol. The van der Waals surface area contributed by atoms with Gasteiger partial charge in [0.2, 0.25) is 0 Å². The molecule has 1 unspecified atom stereocenters. The molecule has 2 N–H and O–H groups in total. The van der Waals surface area contributed by atoms with Gasteiger partial charge in [-0.05, 0) is 44.6 Å². The van der Waals surface area contributed by atoms with Crippen LogP contribution in [-0.2, 0) is 0 Å². The molecule has 1 atom stereocenters. The molecule has 1 saturated heterocycles. The van der Waals surface area contributed by atoms with Crippen molar-refractivity contribution in [2.24, 2.45) is 5.73 Å². The Morgan fingerprint density at radius 1 is 1.39 bits per heavy atom. The third-order valence-electron chi connectivity index (χ3n) is 3.79. The number of anilines is 1.